The van der Waals surface area contributed by atoms with Crippen molar-refractivity contribution in [1.82, 2.24) is 0 Å². The molecule has 0 unspecified atom stereocenters. The predicted molar refractivity (Wildman–Crippen MR) is 89.9 cm³/mol. The van der Waals surface area contributed by atoms with Gasteiger partial charge in [0.25, 0.3) is 5.91 Å². The minimum Gasteiger partial charge on any atom is -0.454 e. The average Bonchev–Trinajstić information content (AvgIpc) is 3.12. The molecule has 0 saturated carbocycles. The molecule has 0 fully saturated rings. The Balaban J connectivity index is 1.62. The van der Waals surface area contributed by atoms with Crippen LogP contribution in [0.1, 0.15) is 27.0 Å². The van der Waals surface area contributed by atoms with E-state index in [4.69, 9.17) is 14.2 Å². The van der Waals surface area contributed by atoms with Crippen molar-refractivity contribution in [1.29, 1.82) is 0 Å². The maximum Gasteiger partial charge on any atom is 0.340 e. The second kappa shape index (κ2) is 6.52. The molecule has 0 spiro atoms. The van der Waals surface area contributed by atoms with Crippen molar-refractivity contribution in [2.45, 2.75) is 26.9 Å². The van der Waals surface area contributed by atoms with E-state index >= 15 is 0 Å². The number of thiophene rings is 1. The molecule has 1 aliphatic rings. The van der Waals surface area contributed by atoms with Crippen LogP contribution < -0.4 is 14.8 Å². The summed E-state index contributed by atoms with van der Waals surface area (Å²) in [5.41, 5.74) is 1.05. The molecule has 0 radical (unpaired) electrons. The Morgan fingerprint density at radius 3 is 2.67 bits per heavy atom. The number of ether oxygens (including phenoxy) is 3. The standard InChI is InChI=1S/C17H17NO5S/c1-9-6-13(11(3)24-9)17(20)23-10(2)16(19)18-12-4-5-14-15(7-12)22-8-21-14/h4-7,10H,8H2,1-3H3,(H,18,19)/t10-/m0/s1. The Hall–Kier alpha value is -2.54. The molecule has 0 aliphatic carbocycles. The van der Waals surface area contributed by atoms with Crippen LogP contribution in [0.2, 0.25) is 0 Å². The van der Waals surface area contributed by atoms with E-state index in [1.807, 2.05) is 13.8 Å². The van der Waals surface area contributed by atoms with Crippen LogP contribution >= 0.6 is 11.3 Å². The Morgan fingerprint density at radius 1 is 1.21 bits per heavy atom. The van der Waals surface area contributed by atoms with Crippen LogP contribution in [0, 0.1) is 13.8 Å². The molecule has 1 aromatic carbocycles. The van der Waals surface area contributed by atoms with E-state index in [1.165, 1.54) is 18.3 Å². The van der Waals surface area contributed by atoms with Gasteiger partial charge in [0.05, 0.1) is 5.56 Å². The van der Waals surface area contributed by atoms with E-state index in [-0.39, 0.29) is 6.79 Å². The Kier molecular flexibility index (Phi) is 4.44. The second-order valence-corrected chi connectivity index (χ2v) is 6.89. The third-order valence-corrected chi connectivity index (χ3v) is 4.52. The third-order valence-electron chi connectivity index (χ3n) is 3.55. The van der Waals surface area contributed by atoms with Crippen molar-refractivity contribution in [3.05, 3.63) is 39.6 Å². The fourth-order valence-corrected chi connectivity index (χ4v) is 3.24. The van der Waals surface area contributed by atoms with Crippen molar-refractivity contribution < 1.29 is 23.8 Å². The Morgan fingerprint density at radius 2 is 1.96 bits per heavy atom. The van der Waals surface area contributed by atoms with Crippen LogP contribution in [0.3, 0.4) is 0 Å². The highest BCUT2D eigenvalue weighted by Crippen LogP contribution is 2.34. The van der Waals surface area contributed by atoms with Crippen LogP contribution in [0.25, 0.3) is 0 Å². The maximum absolute atomic E-state index is 12.2. The van der Waals surface area contributed by atoms with Gasteiger partial charge in [-0.05, 0) is 39.0 Å². The Bertz CT molecular complexity index is 798. The number of amides is 1. The van der Waals surface area contributed by atoms with Gasteiger partial charge in [0.2, 0.25) is 6.79 Å². The molecular weight excluding hydrogens is 330 g/mol. The fourth-order valence-electron chi connectivity index (χ4n) is 2.33. The number of fused-ring (bicyclic) bond motifs is 1. The summed E-state index contributed by atoms with van der Waals surface area (Å²) in [6.07, 6.45) is -0.914. The van der Waals surface area contributed by atoms with Crippen LogP contribution in [0.4, 0.5) is 5.69 Å². The number of anilines is 1. The van der Waals surface area contributed by atoms with E-state index in [0.717, 1.165) is 9.75 Å². The summed E-state index contributed by atoms with van der Waals surface area (Å²) in [6, 6.07) is 6.85. The van der Waals surface area contributed by atoms with Crippen molar-refractivity contribution >= 4 is 28.9 Å². The molecule has 24 heavy (non-hydrogen) atoms. The number of rotatable bonds is 4. The normalized spacial score (nSPS) is 13.5. The number of nitrogens with one attached hydrogen (secondary N) is 1. The summed E-state index contributed by atoms with van der Waals surface area (Å²) >= 11 is 1.52. The van der Waals surface area contributed by atoms with E-state index < -0.39 is 18.0 Å². The van der Waals surface area contributed by atoms with Crippen molar-refractivity contribution in [3.63, 3.8) is 0 Å². The first-order chi connectivity index (χ1) is 11.4. The summed E-state index contributed by atoms with van der Waals surface area (Å²) in [5, 5.41) is 2.70. The predicted octanol–water partition coefficient (Wildman–Crippen LogP) is 3.28. The van der Waals surface area contributed by atoms with E-state index in [9.17, 15) is 9.59 Å². The summed E-state index contributed by atoms with van der Waals surface area (Å²) < 4.78 is 15.7. The quantitative estimate of drug-likeness (QED) is 0.859. The van der Waals surface area contributed by atoms with Crippen molar-refractivity contribution in [2.24, 2.45) is 0 Å². The maximum atomic E-state index is 12.2. The topological polar surface area (TPSA) is 73.9 Å². The van der Waals surface area contributed by atoms with Gasteiger partial charge in [-0.3, -0.25) is 4.79 Å². The van der Waals surface area contributed by atoms with Gasteiger partial charge in [-0.25, -0.2) is 4.79 Å². The Labute approximate surface area is 143 Å². The number of esters is 1. The number of hydrogen-bond donors (Lipinski definition) is 1. The molecule has 0 saturated heterocycles. The molecule has 1 amide bonds. The van der Waals surface area contributed by atoms with Gasteiger partial charge >= 0.3 is 5.97 Å². The lowest BCUT2D eigenvalue weighted by Gasteiger charge is -2.13. The number of hydrogen-bond acceptors (Lipinski definition) is 6. The van der Waals surface area contributed by atoms with Gasteiger partial charge in [0.1, 0.15) is 0 Å². The summed E-state index contributed by atoms with van der Waals surface area (Å²) in [7, 11) is 0. The fraction of sp³-hybridized carbons (Fsp3) is 0.294. The monoisotopic (exact) mass is 347 g/mol. The van der Waals surface area contributed by atoms with Crippen molar-refractivity contribution in [2.75, 3.05) is 12.1 Å². The number of aryl methyl sites for hydroxylation is 2. The molecule has 3 rings (SSSR count). The van der Waals surface area contributed by atoms with Crippen molar-refractivity contribution in [3.8, 4) is 11.5 Å². The zero-order valence-electron chi connectivity index (χ0n) is 13.5. The number of benzene rings is 1. The first kappa shape index (κ1) is 16.3. The van der Waals surface area contributed by atoms with Crippen LogP contribution in [-0.2, 0) is 9.53 Å². The number of carbonyl (C=O) groups is 2. The van der Waals surface area contributed by atoms with Crippen LogP contribution in [0.5, 0.6) is 11.5 Å². The first-order valence-electron chi connectivity index (χ1n) is 7.42. The summed E-state index contributed by atoms with van der Waals surface area (Å²) in [4.78, 5) is 26.3. The highest BCUT2D eigenvalue weighted by atomic mass is 32.1. The largest absolute Gasteiger partial charge is 0.454 e. The van der Waals surface area contributed by atoms with Gasteiger partial charge in [-0.15, -0.1) is 11.3 Å². The number of carbonyl (C=O) groups excluding carboxylic acids is 2. The van der Waals surface area contributed by atoms with Gasteiger partial charge in [-0.2, -0.15) is 0 Å². The second-order valence-electron chi connectivity index (χ2n) is 5.43. The van der Waals surface area contributed by atoms with E-state index in [1.54, 1.807) is 24.3 Å². The molecule has 1 N–H and O–H groups in total. The van der Waals surface area contributed by atoms with Gasteiger partial charge in [-0.1, -0.05) is 0 Å². The molecule has 6 nitrogen and oxygen atoms in total. The molecule has 1 aromatic heterocycles. The highest BCUT2D eigenvalue weighted by molar-refractivity contribution is 7.12. The molecule has 1 atom stereocenters. The van der Waals surface area contributed by atoms with E-state index in [2.05, 4.69) is 5.32 Å². The minimum absolute atomic E-state index is 0.167. The SMILES string of the molecule is Cc1cc(C(=O)O[C@@H](C)C(=O)Nc2ccc3c(c2)OCO3)c(C)s1. The lowest BCUT2D eigenvalue weighted by molar-refractivity contribution is -0.123. The molecule has 2 aromatic rings. The molecular formula is C17H17NO5S. The lowest BCUT2D eigenvalue weighted by Crippen LogP contribution is -2.30. The van der Waals surface area contributed by atoms with Gasteiger partial charge in [0, 0.05) is 21.5 Å². The zero-order chi connectivity index (χ0) is 17.3. The van der Waals surface area contributed by atoms with Crippen LogP contribution in [-0.4, -0.2) is 24.8 Å². The molecule has 7 heteroatoms. The first-order valence-corrected chi connectivity index (χ1v) is 8.24. The minimum atomic E-state index is -0.914. The molecule has 0 bridgehead atoms. The lowest BCUT2D eigenvalue weighted by atomic mass is 10.2. The van der Waals surface area contributed by atoms with Gasteiger partial charge < -0.3 is 19.5 Å². The highest BCUT2D eigenvalue weighted by Gasteiger charge is 2.22. The average molecular weight is 347 g/mol. The molecule has 126 valence electrons. The molecule has 1 aliphatic heterocycles. The summed E-state index contributed by atoms with van der Waals surface area (Å²) in [6.45, 7) is 5.48. The molecule has 2 heterocycles. The summed E-state index contributed by atoms with van der Waals surface area (Å²) in [5.74, 6) is 0.301. The van der Waals surface area contributed by atoms with Gasteiger partial charge in [0.15, 0.2) is 17.6 Å². The van der Waals surface area contributed by atoms with E-state index in [0.29, 0.717) is 22.7 Å². The smallest absolute Gasteiger partial charge is 0.340 e. The van der Waals surface area contributed by atoms with Crippen LogP contribution in [0.15, 0.2) is 24.3 Å². The zero-order valence-corrected chi connectivity index (χ0v) is 14.4. The third kappa shape index (κ3) is 3.35.